The fourth-order valence-electron chi connectivity index (χ4n) is 2.11. The van der Waals surface area contributed by atoms with Gasteiger partial charge in [-0.15, -0.1) is 12.8 Å². The quantitative estimate of drug-likeness (QED) is 0.363. The van der Waals surface area contributed by atoms with Crippen LogP contribution in [0.3, 0.4) is 0 Å². The molecule has 1 aromatic rings. The van der Waals surface area contributed by atoms with E-state index in [9.17, 15) is 4.79 Å². The average molecular weight is 667 g/mol. The number of aldehydes is 1. The van der Waals surface area contributed by atoms with Crippen LogP contribution in [0.2, 0.25) is 0 Å². The number of rotatable bonds is 3. The highest BCUT2D eigenvalue weighted by molar-refractivity contribution is 5.80. The van der Waals surface area contributed by atoms with Crippen molar-refractivity contribution in [2.75, 3.05) is 0 Å². The van der Waals surface area contributed by atoms with Crippen molar-refractivity contribution in [3.8, 4) is 273 Å². The summed E-state index contributed by atoms with van der Waals surface area (Å²) in [7, 11) is 0. The maximum absolute atomic E-state index is 11.3. The van der Waals surface area contributed by atoms with Gasteiger partial charge in [-0.3, -0.25) is 4.79 Å². The predicted octanol–water partition coefficient (Wildman–Crippen LogP) is 1.51. The van der Waals surface area contributed by atoms with E-state index in [2.05, 4.69) is 249 Å². The smallest absolute Gasteiger partial charge is 0.154 e. The van der Waals surface area contributed by atoms with Crippen molar-refractivity contribution in [1.29, 1.82) is 0 Å². The Labute approximate surface area is 316 Å². The Morgan fingerprint density at radius 2 is 0.611 bits per heavy atom. The Bertz CT molecular complexity index is 3150. The van der Waals surface area contributed by atoms with Gasteiger partial charge in [0.25, 0.3) is 0 Å². The fourth-order valence-corrected chi connectivity index (χ4v) is 2.11. The van der Waals surface area contributed by atoms with E-state index in [1.807, 2.05) is 0 Å². The number of benzene rings is 1. The highest BCUT2D eigenvalue weighted by Crippen LogP contribution is 2.23. The summed E-state index contributed by atoms with van der Waals surface area (Å²) < 4.78 is 10.6. The third kappa shape index (κ3) is 26.1. The van der Waals surface area contributed by atoms with Crippen LogP contribution in [0.1, 0.15) is 10.4 Å². The van der Waals surface area contributed by atoms with Crippen molar-refractivity contribution in [2.24, 2.45) is 0 Å². The summed E-state index contributed by atoms with van der Waals surface area (Å²) >= 11 is 0. The number of ether oxygens (including phenoxy) is 2. The minimum absolute atomic E-state index is 0.129. The van der Waals surface area contributed by atoms with Crippen molar-refractivity contribution in [3.05, 3.63) is 23.8 Å². The van der Waals surface area contributed by atoms with Crippen LogP contribution in [0.25, 0.3) is 0 Å². The normalized spacial score (nSPS) is 5.07. The minimum Gasteiger partial charge on any atom is -0.407 e. The van der Waals surface area contributed by atoms with Gasteiger partial charge < -0.3 is 9.47 Å². The molecule has 3 nitrogen and oxygen atoms in total. The Balaban J connectivity index is 2.61. The number of carbonyl (C=O) groups excluding carboxylic acids is 1. The molecule has 0 heterocycles. The van der Waals surface area contributed by atoms with Crippen molar-refractivity contribution in [3.63, 3.8) is 0 Å². The van der Waals surface area contributed by atoms with Crippen molar-refractivity contribution >= 4 is 6.29 Å². The number of carbonyl (C=O) groups is 1. The second kappa shape index (κ2) is 33.2. The van der Waals surface area contributed by atoms with Gasteiger partial charge in [-0.2, -0.15) is 0 Å². The Morgan fingerprint density at radius 3 is 0.889 bits per heavy atom. The van der Waals surface area contributed by atoms with Crippen LogP contribution in [0.4, 0.5) is 0 Å². The zero-order valence-electron chi connectivity index (χ0n) is 27.2. The molecule has 0 aliphatic carbocycles. The molecule has 54 heavy (non-hydrogen) atoms. The first-order chi connectivity index (χ1) is 26.8. The molecule has 0 aliphatic rings. The summed E-state index contributed by atoms with van der Waals surface area (Å²) in [5.41, 5.74) is 0.227. The molecule has 0 aromatic heterocycles. The highest BCUT2D eigenvalue weighted by Gasteiger charge is 2.04. The summed E-state index contributed by atoms with van der Waals surface area (Å²) in [6.45, 7) is 0. The second-order valence-corrected chi connectivity index (χ2v) is 7.26. The van der Waals surface area contributed by atoms with Crippen molar-refractivity contribution in [2.45, 2.75) is 0 Å². The Hall–Kier alpha value is -11.2. The van der Waals surface area contributed by atoms with Gasteiger partial charge in [0, 0.05) is 148 Å². The molecule has 1 aromatic carbocycles. The molecule has 0 radical (unpaired) electrons. The largest absolute Gasteiger partial charge is 0.407 e. The van der Waals surface area contributed by atoms with E-state index in [0.717, 1.165) is 0 Å². The summed E-state index contributed by atoms with van der Waals surface area (Å²) in [4.78, 5) is 11.3. The van der Waals surface area contributed by atoms with Crippen LogP contribution >= 0.6 is 0 Å². The summed E-state index contributed by atoms with van der Waals surface area (Å²) in [6, 6.07) is 4.41. The van der Waals surface area contributed by atoms with Crippen LogP contribution in [0, 0.1) is 262 Å². The molecule has 0 fully saturated rings. The minimum atomic E-state index is 0.129. The first-order valence-electron chi connectivity index (χ1n) is 13.7. The van der Waals surface area contributed by atoms with Gasteiger partial charge in [0.2, 0.25) is 0 Å². The first-order valence-corrected chi connectivity index (χ1v) is 13.7. The van der Waals surface area contributed by atoms with Gasteiger partial charge in [0.1, 0.15) is 18.0 Å². The Kier molecular flexibility index (Phi) is 25.1. The van der Waals surface area contributed by atoms with E-state index in [-0.39, 0.29) is 17.1 Å². The molecular weight excluding hydrogens is 661 g/mol. The molecule has 228 valence electrons. The third-order valence-electron chi connectivity index (χ3n) is 3.94. The van der Waals surface area contributed by atoms with Gasteiger partial charge in [-0.1, -0.05) is 0 Å². The maximum atomic E-state index is 11.3. The zero-order chi connectivity index (χ0) is 38.7. The molecular formula is C51H6O3. The van der Waals surface area contributed by atoms with Crippen molar-refractivity contribution in [1.82, 2.24) is 0 Å². The molecule has 3 heteroatoms. The Morgan fingerprint density at radius 1 is 0.352 bits per heavy atom. The number of hydrogen-bond donors (Lipinski definition) is 0. The first kappa shape index (κ1) is 40.8. The van der Waals surface area contributed by atoms with E-state index < -0.39 is 0 Å². The molecule has 0 spiro atoms. The van der Waals surface area contributed by atoms with Crippen LogP contribution in [0.5, 0.6) is 11.5 Å². The maximum Gasteiger partial charge on any atom is 0.154 e. The van der Waals surface area contributed by atoms with Crippen LogP contribution in [-0.4, -0.2) is 6.29 Å². The third-order valence-corrected chi connectivity index (χ3v) is 3.94. The number of hydrogen-bond acceptors (Lipinski definition) is 3. The van der Waals surface area contributed by atoms with Gasteiger partial charge in [-0.05, 0) is 107 Å². The average Bonchev–Trinajstić information content (AvgIpc) is 3.19. The lowest BCUT2D eigenvalue weighted by atomic mass is 10.2. The highest BCUT2D eigenvalue weighted by atomic mass is 16.5. The van der Waals surface area contributed by atoms with Gasteiger partial charge in [0.15, 0.2) is 12.0 Å². The molecule has 0 aliphatic heterocycles. The van der Waals surface area contributed by atoms with E-state index in [1.165, 1.54) is 18.2 Å². The zero-order valence-corrected chi connectivity index (χ0v) is 27.2. The standard InChI is InChI=1S/C51H6O3/c1-3-5-7-9-11-13-15-17-19-21-23-25-27-29-31-33-35-37-39-41-45-53-50-44-43-49(48-52)51(47-50)54-46-42-40-38-36-34-32-30-28-26-24-22-20-18-16-14-12-10-8-6-4-2/h1-2,43-44,47-48H. The topological polar surface area (TPSA) is 35.5 Å². The van der Waals surface area contributed by atoms with Gasteiger partial charge in [0.05, 0.1) is 5.56 Å². The molecule has 0 bridgehead atoms. The lowest BCUT2D eigenvalue weighted by Crippen LogP contribution is -1.92. The summed E-state index contributed by atoms with van der Waals surface area (Å²) in [5.74, 6) is 98.2. The molecule has 1 rings (SSSR count). The molecule has 0 N–H and O–H groups in total. The van der Waals surface area contributed by atoms with Crippen LogP contribution < -0.4 is 9.47 Å². The summed E-state index contributed by atoms with van der Waals surface area (Å²) in [6.07, 6.45) is 15.2. The second-order valence-electron chi connectivity index (χ2n) is 7.26. The van der Waals surface area contributed by atoms with Gasteiger partial charge in [-0.25, -0.2) is 0 Å². The van der Waals surface area contributed by atoms with Crippen LogP contribution in [-0.2, 0) is 0 Å². The predicted molar refractivity (Wildman–Crippen MR) is 206 cm³/mol. The fraction of sp³-hybridized carbons (Fsp3) is 0. The lowest BCUT2D eigenvalue weighted by Gasteiger charge is -2.03. The molecule has 0 atom stereocenters. The van der Waals surface area contributed by atoms with E-state index in [4.69, 9.17) is 22.3 Å². The number of terminal acetylenes is 2. The van der Waals surface area contributed by atoms with Crippen molar-refractivity contribution < 1.29 is 14.3 Å². The molecule has 0 unspecified atom stereocenters. The molecule has 0 saturated carbocycles. The lowest BCUT2D eigenvalue weighted by molar-refractivity contribution is 0.112. The monoisotopic (exact) mass is 666 g/mol. The summed E-state index contributed by atoms with van der Waals surface area (Å²) in [5, 5.41) is 0. The van der Waals surface area contributed by atoms with E-state index >= 15 is 0 Å². The molecule has 0 saturated heterocycles. The van der Waals surface area contributed by atoms with Crippen LogP contribution in [0.15, 0.2) is 18.2 Å². The van der Waals surface area contributed by atoms with E-state index in [1.54, 1.807) is 0 Å². The molecule has 0 amide bonds. The van der Waals surface area contributed by atoms with Gasteiger partial charge >= 0.3 is 0 Å². The van der Waals surface area contributed by atoms with E-state index in [0.29, 0.717) is 6.29 Å². The SMILES string of the molecule is C#CC#CC#CC#CC#CC#CC#CC#CC#CC#CC#COc1ccc(C=O)c(OC#CC#CC#CC#CC#CC#CC#CC#CC#CC#CC#C)c1.